The minimum Gasteiger partial charge on any atom is -0.353 e. The first kappa shape index (κ1) is 11.7. The monoisotopic (exact) mass is 248 g/mol. The fourth-order valence-corrected chi connectivity index (χ4v) is 3.01. The van der Waals surface area contributed by atoms with Crippen LogP contribution in [0.4, 0.5) is 11.8 Å². The molecule has 0 radical (unpaired) electrons. The van der Waals surface area contributed by atoms with Gasteiger partial charge in [-0.25, -0.2) is 10.8 Å². The molecule has 6 heteroatoms. The average molecular weight is 248 g/mol. The number of fused-ring (bicyclic) bond motifs is 1. The fourth-order valence-electron chi connectivity index (χ4n) is 3.01. The van der Waals surface area contributed by atoms with Crippen molar-refractivity contribution >= 4 is 11.8 Å². The molecule has 0 saturated carbocycles. The summed E-state index contributed by atoms with van der Waals surface area (Å²) in [4.78, 5) is 13.6. The van der Waals surface area contributed by atoms with E-state index in [9.17, 15) is 0 Å². The molecule has 0 aliphatic carbocycles. The lowest BCUT2D eigenvalue weighted by Gasteiger charge is -2.38. The number of piperazine rings is 1. The van der Waals surface area contributed by atoms with Gasteiger partial charge in [0.1, 0.15) is 5.82 Å². The fraction of sp³-hybridized carbons (Fsp3) is 0.667. The highest BCUT2D eigenvalue weighted by Crippen LogP contribution is 2.26. The summed E-state index contributed by atoms with van der Waals surface area (Å²) in [5.41, 5.74) is 3.63. The number of rotatable bonds is 2. The van der Waals surface area contributed by atoms with Gasteiger partial charge in [0, 0.05) is 37.4 Å². The molecule has 1 atom stereocenters. The molecular formula is C12H20N6. The summed E-state index contributed by atoms with van der Waals surface area (Å²) in [6, 6.07) is 0.697. The Kier molecular flexibility index (Phi) is 3.05. The standard InChI is InChI=1S/C12H20N6/c1-9-7-14-12(16-13)15-11(9)18-6-5-17-4-2-3-10(17)8-18/h7,10H,2-6,8,13H2,1H3,(H,14,15,16). The van der Waals surface area contributed by atoms with Gasteiger partial charge in [-0.1, -0.05) is 0 Å². The van der Waals surface area contributed by atoms with Crippen LogP contribution in [0.2, 0.25) is 0 Å². The van der Waals surface area contributed by atoms with Gasteiger partial charge in [0.25, 0.3) is 0 Å². The number of hydrogen-bond acceptors (Lipinski definition) is 6. The molecule has 3 N–H and O–H groups in total. The first-order chi connectivity index (χ1) is 8.78. The predicted molar refractivity (Wildman–Crippen MR) is 71.4 cm³/mol. The molecule has 2 saturated heterocycles. The maximum atomic E-state index is 5.38. The Morgan fingerprint density at radius 2 is 2.28 bits per heavy atom. The third-order valence-corrected chi connectivity index (χ3v) is 3.96. The van der Waals surface area contributed by atoms with Crippen molar-refractivity contribution in [3.05, 3.63) is 11.8 Å². The Morgan fingerprint density at radius 1 is 1.39 bits per heavy atom. The van der Waals surface area contributed by atoms with Gasteiger partial charge in [0.15, 0.2) is 0 Å². The molecule has 2 aliphatic rings. The van der Waals surface area contributed by atoms with E-state index in [0.29, 0.717) is 12.0 Å². The second kappa shape index (κ2) is 4.70. The summed E-state index contributed by atoms with van der Waals surface area (Å²) in [5, 5.41) is 0. The van der Waals surface area contributed by atoms with Crippen LogP contribution in [0, 0.1) is 6.92 Å². The SMILES string of the molecule is Cc1cnc(NN)nc1N1CCN2CCCC2C1. The zero-order valence-corrected chi connectivity index (χ0v) is 10.8. The summed E-state index contributed by atoms with van der Waals surface area (Å²) in [7, 11) is 0. The van der Waals surface area contributed by atoms with Gasteiger partial charge in [0.2, 0.25) is 5.95 Å². The number of anilines is 2. The topological polar surface area (TPSA) is 70.3 Å². The number of hydrogen-bond donors (Lipinski definition) is 2. The van der Waals surface area contributed by atoms with Crippen LogP contribution in [0.25, 0.3) is 0 Å². The number of nitrogen functional groups attached to an aromatic ring is 1. The smallest absolute Gasteiger partial charge is 0.239 e. The normalized spacial score (nSPS) is 24.1. The molecule has 1 aromatic heterocycles. The van der Waals surface area contributed by atoms with Crippen molar-refractivity contribution in [2.24, 2.45) is 5.84 Å². The molecule has 2 aliphatic heterocycles. The summed E-state index contributed by atoms with van der Waals surface area (Å²) >= 11 is 0. The average Bonchev–Trinajstić information content (AvgIpc) is 2.86. The summed E-state index contributed by atoms with van der Waals surface area (Å²) in [6.07, 6.45) is 4.47. The summed E-state index contributed by atoms with van der Waals surface area (Å²) < 4.78 is 0. The molecule has 18 heavy (non-hydrogen) atoms. The maximum Gasteiger partial charge on any atom is 0.239 e. The van der Waals surface area contributed by atoms with Crippen LogP contribution in [0.1, 0.15) is 18.4 Å². The van der Waals surface area contributed by atoms with E-state index in [1.165, 1.54) is 19.4 Å². The van der Waals surface area contributed by atoms with Crippen molar-refractivity contribution in [2.45, 2.75) is 25.8 Å². The number of nitrogens with two attached hydrogens (primary N) is 1. The molecule has 1 aromatic rings. The van der Waals surface area contributed by atoms with Crippen molar-refractivity contribution in [3.63, 3.8) is 0 Å². The largest absolute Gasteiger partial charge is 0.353 e. The van der Waals surface area contributed by atoms with Crippen molar-refractivity contribution in [3.8, 4) is 0 Å². The zero-order valence-electron chi connectivity index (χ0n) is 10.8. The van der Waals surface area contributed by atoms with E-state index < -0.39 is 0 Å². The third-order valence-electron chi connectivity index (χ3n) is 3.96. The third kappa shape index (κ3) is 2.02. The Balaban J connectivity index is 1.82. The lowest BCUT2D eigenvalue weighted by Crippen LogP contribution is -2.50. The Morgan fingerprint density at radius 3 is 3.11 bits per heavy atom. The van der Waals surface area contributed by atoms with E-state index in [1.807, 2.05) is 6.20 Å². The predicted octanol–water partition coefficient (Wildman–Crippen LogP) is 0.355. The summed E-state index contributed by atoms with van der Waals surface area (Å²) in [6.45, 7) is 6.56. The minimum atomic E-state index is 0.490. The highest BCUT2D eigenvalue weighted by Gasteiger charge is 2.31. The van der Waals surface area contributed by atoms with E-state index in [4.69, 9.17) is 5.84 Å². The molecule has 6 nitrogen and oxygen atoms in total. The van der Waals surface area contributed by atoms with E-state index in [-0.39, 0.29) is 0 Å². The minimum absolute atomic E-state index is 0.490. The Hall–Kier alpha value is -1.40. The zero-order chi connectivity index (χ0) is 12.5. The van der Waals surface area contributed by atoms with Crippen molar-refractivity contribution < 1.29 is 0 Å². The molecule has 0 aromatic carbocycles. The van der Waals surface area contributed by atoms with E-state index in [1.54, 1.807) is 0 Å². The lowest BCUT2D eigenvalue weighted by atomic mass is 10.1. The number of hydrazine groups is 1. The highest BCUT2D eigenvalue weighted by molar-refractivity contribution is 5.49. The van der Waals surface area contributed by atoms with Gasteiger partial charge in [0.05, 0.1) is 0 Å². The van der Waals surface area contributed by atoms with Crippen LogP contribution in [-0.2, 0) is 0 Å². The van der Waals surface area contributed by atoms with Crippen LogP contribution in [0.15, 0.2) is 6.20 Å². The number of aromatic nitrogens is 2. The quantitative estimate of drug-likeness (QED) is 0.581. The van der Waals surface area contributed by atoms with Crippen molar-refractivity contribution in [2.75, 3.05) is 36.5 Å². The second-order valence-electron chi connectivity index (χ2n) is 5.12. The molecule has 2 fully saturated rings. The van der Waals surface area contributed by atoms with Gasteiger partial charge in [-0.3, -0.25) is 10.3 Å². The van der Waals surface area contributed by atoms with Crippen LogP contribution in [0.3, 0.4) is 0 Å². The molecule has 3 heterocycles. The van der Waals surface area contributed by atoms with Gasteiger partial charge in [-0.05, 0) is 26.3 Å². The molecular weight excluding hydrogens is 228 g/mol. The molecule has 3 rings (SSSR count). The molecule has 1 unspecified atom stereocenters. The molecule has 0 bridgehead atoms. The van der Waals surface area contributed by atoms with Crippen LogP contribution >= 0.6 is 0 Å². The molecule has 0 amide bonds. The van der Waals surface area contributed by atoms with Crippen LogP contribution < -0.4 is 16.2 Å². The maximum absolute atomic E-state index is 5.38. The first-order valence-electron chi connectivity index (χ1n) is 6.57. The van der Waals surface area contributed by atoms with Gasteiger partial charge < -0.3 is 4.90 Å². The molecule has 98 valence electrons. The van der Waals surface area contributed by atoms with E-state index >= 15 is 0 Å². The van der Waals surface area contributed by atoms with Crippen LogP contribution in [0.5, 0.6) is 0 Å². The number of nitrogens with zero attached hydrogens (tertiary/aromatic N) is 4. The molecule has 0 spiro atoms. The van der Waals surface area contributed by atoms with Gasteiger partial charge in [-0.2, -0.15) is 4.98 Å². The van der Waals surface area contributed by atoms with Gasteiger partial charge in [-0.15, -0.1) is 0 Å². The highest BCUT2D eigenvalue weighted by atomic mass is 15.3. The summed E-state index contributed by atoms with van der Waals surface area (Å²) in [5.74, 6) is 6.89. The van der Waals surface area contributed by atoms with Crippen molar-refractivity contribution in [1.29, 1.82) is 0 Å². The second-order valence-corrected chi connectivity index (χ2v) is 5.12. The Labute approximate surface area is 107 Å². The van der Waals surface area contributed by atoms with Gasteiger partial charge >= 0.3 is 0 Å². The lowest BCUT2D eigenvalue weighted by molar-refractivity contribution is 0.230. The Bertz CT molecular complexity index is 435. The number of nitrogens with one attached hydrogen (secondary N) is 1. The van der Waals surface area contributed by atoms with E-state index in [2.05, 4.69) is 32.1 Å². The van der Waals surface area contributed by atoms with E-state index in [0.717, 1.165) is 31.0 Å². The number of aryl methyl sites for hydroxylation is 1. The van der Waals surface area contributed by atoms with Crippen molar-refractivity contribution in [1.82, 2.24) is 14.9 Å². The van der Waals surface area contributed by atoms with Crippen LogP contribution in [-0.4, -0.2) is 47.1 Å². The first-order valence-corrected chi connectivity index (χ1v) is 6.57.